The third-order valence-corrected chi connectivity index (χ3v) is 6.58. The largest absolute Gasteiger partial charge is 0.459 e. The second-order valence-corrected chi connectivity index (χ2v) is 7.94. The number of hydrogen-bond donors (Lipinski definition) is 0. The molecule has 2 bridgehead atoms. The van der Waals surface area contributed by atoms with Crippen molar-refractivity contribution in [2.24, 2.45) is 0 Å². The van der Waals surface area contributed by atoms with Crippen LogP contribution >= 0.6 is 24.0 Å². The molecule has 0 amide bonds. The molecule has 5 heteroatoms. The number of hydrogen-bond acceptors (Lipinski definition) is 3. The maximum Gasteiger partial charge on any atom is 0.336 e. The Bertz CT molecular complexity index is 729. The fourth-order valence-electron chi connectivity index (χ4n) is 4.48. The molecule has 0 radical (unpaired) electrons. The lowest BCUT2D eigenvalue weighted by atomic mass is 9.90. The molecule has 27 heavy (non-hydrogen) atoms. The van der Waals surface area contributed by atoms with Gasteiger partial charge < -0.3 is 4.74 Å². The molecule has 2 aliphatic heterocycles. The summed E-state index contributed by atoms with van der Waals surface area (Å²) in [6.07, 6.45) is 4.19. The van der Waals surface area contributed by atoms with Gasteiger partial charge >= 0.3 is 5.97 Å². The van der Waals surface area contributed by atoms with E-state index in [1.165, 1.54) is 6.42 Å². The second kappa shape index (κ2) is 8.22. The van der Waals surface area contributed by atoms with Gasteiger partial charge in [0.25, 0.3) is 0 Å². The minimum Gasteiger partial charge on any atom is -0.459 e. The van der Waals surface area contributed by atoms with E-state index < -0.39 is 4.87 Å². The fraction of sp³-hybridized carbons (Fsp3) is 0.409. The third kappa shape index (κ3) is 3.61. The monoisotopic (exact) mass is 405 g/mol. The zero-order valence-electron chi connectivity index (χ0n) is 15.4. The molecule has 0 aliphatic carbocycles. The van der Waals surface area contributed by atoms with Gasteiger partial charge in [0.15, 0.2) is 4.87 Å². The van der Waals surface area contributed by atoms with Crippen LogP contribution in [-0.4, -0.2) is 36.1 Å². The van der Waals surface area contributed by atoms with Gasteiger partial charge in [0.05, 0.1) is 0 Å². The molecule has 0 spiro atoms. The number of fused-ring (bicyclic) bond motifs is 2. The molecule has 3 nitrogen and oxygen atoms in total. The van der Waals surface area contributed by atoms with Crippen molar-refractivity contribution in [3.05, 3.63) is 71.8 Å². The molecule has 2 aromatic rings. The minimum absolute atomic E-state index is 0. The summed E-state index contributed by atoms with van der Waals surface area (Å²) in [7, 11) is 2.14. The van der Waals surface area contributed by atoms with Crippen LogP contribution in [0.25, 0.3) is 0 Å². The number of benzene rings is 2. The molecule has 0 aromatic heterocycles. The number of likely N-dealkylation sites (N-methyl/N-ethyl adjacent to an activating group) is 1. The zero-order valence-corrected chi connectivity index (χ0v) is 17.0. The Labute approximate surface area is 172 Å². The molecule has 0 N–H and O–H groups in total. The van der Waals surface area contributed by atoms with Crippen molar-refractivity contribution in [3.63, 3.8) is 0 Å². The Morgan fingerprint density at radius 2 is 1.48 bits per heavy atom. The summed E-state index contributed by atoms with van der Waals surface area (Å²) in [5.41, 5.74) is 1.48. The van der Waals surface area contributed by atoms with Gasteiger partial charge in [0, 0.05) is 12.1 Å². The lowest BCUT2D eigenvalue weighted by molar-refractivity contribution is -0.156. The number of carbonyl (C=O) groups excluding carboxylic acids is 1. The van der Waals surface area contributed by atoms with Crippen LogP contribution in [0.4, 0.5) is 0 Å². The maximum atomic E-state index is 13.3. The second-order valence-electron chi connectivity index (χ2n) is 7.38. The molecule has 2 fully saturated rings. The molecule has 3 atom stereocenters. The van der Waals surface area contributed by atoms with Crippen molar-refractivity contribution in [1.82, 2.24) is 4.90 Å². The highest BCUT2D eigenvalue weighted by Gasteiger charge is 2.47. The van der Waals surface area contributed by atoms with Crippen molar-refractivity contribution in [1.29, 1.82) is 0 Å². The van der Waals surface area contributed by atoms with Gasteiger partial charge in [-0.3, -0.25) is 4.90 Å². The lowest BCUT2D eigenvalue weighted by Gasteiger charge is -2.38. The van der Waals surface area contributed by atoms with Gasteiger partial charge in [0.2, 0.25) is 0 Å². The highest BCUT2D eigenvalue weighted by molar-refractivity contribution is 6.36. The Morgan fingerprint density at radius 3 is 2.04 bits per heavy atom. The van der Waals surface area contributed by atoms with Gasteiger partial charge in [-0.2, -0.15) is 0 Å². The molecule has 2 saturated heterocycles. The average Bonchev–Trinajstić information content (AvgIpc) is 2.92. The van der Waals surface area contributed by atoms with E-state index >= 15 is 0 Å². The van der Waals surface area contributed by atoms with Crippen molar-refractivity contribution < 1.29 is 9.53 Å². The number of esters is 1. The summed E-state index contributed by atoms with van der Waals surface area (Å²) >= 11 is 7.01. The van der Waals surface area contributed by atoms with Crippen molar-refractivity contribution in [3.8, 4) is 0 Å². The number of halogens is 2. The predicted octanol–water partition coefficient (Wildman–Crippen LogP) is 4.76. The number of nitrogens with zero attached hydrogens (tertiary/aromatic N) is 1. The first-order valence-corrected chi connectivity index (χ1v) is 9.71. The molecule has 2 aliphatic rings. The minimum atomic E-state index is -1.32. The van der Waals surface area contributed by atoms with Gasteiger partial charge in [-0.05, 0) is 43.9 Å². The van der Waals surface area contributed by atoms with Gasteiger partial charge in [0.1, 0.15) is 6.10 Å². The van der Waals surface area contributed by atoms with Crippen molar-refractivity contribution in [2.75, 3.05) is 7.05 Å². The summed E-state index contributed by atoms with van der Waals surface area (Å²) in [6, 6.07) is 20.0. The van der Waals surface area contributed by atoms with Crippen molar-refractivity contribution in [2.45, 2.75) is 48.7 Å². The molecule has 0 saturated carbocycles. The predicted molar refractivity (Wildman–Crippen MR) is 110 cm³/mol. The van der Waals surface area contributed by atoms with E-state index in [2.05, 4.69) is 11.9 Å². The lowest BCUT2D eigenvalue weighted by Crippen LogP contribution is -2.48. The standard InChI is InChI=1S/C22H24ClNO2.ClH/c1-24-18-12-14-19(24)20(15-13-18)26-21(25)22(23,16-8-4-2-5-9-16)17-10-6-3-7-11-17;/h2-11,18-20H,12-15H2,1H3;1H/t18?,19?,20-;/m1./s1. The van der Waals surface area contributed by atoms with Crippen LogP contribution in [0, 0.1) is 0 Å². The first-order chi connectivity index (χ1) is 12.6. The molecular weight excluding hydrogens is 381 g/mol. The number of carbonyl (C=O) groups is 1. The van der Waals surface area contributed by atoms with Crippen LogP contribution in [0.15, 0.2) is 60.7 Å². The molecule has 144 valence electrons. The Kier molecular flexibility index (Phi) is 6.15. The Morgan fingerprint density at radius 1 is 0.963 bits per heavy atom. The van der Waals surface area contributed by atoms with Crippen LogP contribution < -0.4 is 0 Å². The first-order valence-electron chi connectivity index (χ1n) is 9.33. The Hall–Kier alpha value is -1.55. The smallest absolute Gasteiger partial charge is 0.336 e. The summed E-state index contributed by atoms with van der Waals surface area (Å²) < 4.78 is 6.05. The summed E-state index contributed by atoms with van der Waals surface area (Å²) in [5, 5.41) is 0. The highest BCUT2D eigenvalue weighted by atomic mass is 35.5. The van der Waals surface area contributed by atoms with Gasteiger partial charge in [-0.15, -0.1) is 12.4 Å². The quantitative estimate of drug-likeness (QED) is 0.542. The van der Waals surface area contributed by atoms with Crippen LogP contribution in [-0.2, 0) is 14.4 Å². The van der Waals surface area contributed by atoms with E-state index in [9.17, 15) is 4.79 Å². The molecular formula is C22H25Cl2NO2. The fourth-order valence-corrected chi connectivity index (χ4v) is 4.78. The van der Waals surface area contributed by atoms with Gasteiger partial charge in [-0.25, -0.2) is 4.79 Å². The normalized spacial score (nSPS) is 24.9. The first kappa shape index (κ1) is 20.2. The van der Waals surface area contributed by atoms with E-state index in [0.29, 0.717) is 12.1 Å². The van der Waals surface area contributed by atoms with Crippen LogP contribution in [0.3, 0.4) is 0 Å². The summed E-state index contributed by atoms with van der Waals surface area (Å²) in [5.74, 6) is -0.375. The number of alkyl halides is 1. The van der Waals surface area contributed by atoms with Crippen LogP contribution in [0.2, 0.25) is 0 Å². The molecule has 4 rings (SSSR count). The third-order valence-electron chi connectivity index (χ3n) is 5.99. The van der Waals surface area contributed by atoms with Gasteiger partial charge in [-0.1, -0.05) is 72.3 Å². The van der Waals surface area contributed by atoms with E-state index in [1.807, 2.05) is 60.7 Å². The van der Waals surface area contributed by atoms with E-state index in [0.717, 1.165) is 30.4 Å². The highest BCUT2D eigenvalue weighted by Crippen LogP contribution is 2.41. The maximum absolute atomic E-state index is 13.3. The molecule has 2 unspecified atom stereocenters. The average molecular weight is 406 g/mol. The van der Waals surface area contributed by atoms with Crippen molar-refractivity contribution >= 4 is 30.0 Å². The topological polar surface area (TPSA) is 29.5 Å². The van der Waals surface area contributed by atoms with Crippen LogP contribution in [0.1, 0.15) is 36.8 Å². The molecule has 2 aromatic carbocycles. The van der Waals surface area contributed by atoms with E-state index in [-0.39, 0.29) is 24.5 Å². The Balaban J connectivity index is 0.00000210. The van der Waals surface area contributed by atoms with E-state index in [1.54, 1.807) is 0 Å². The number of piperidine rings is 1. The summed E-state index contributed by atoms with van der Waals surface area (Å²) in [6.45, 7) is 0. The van der Waals surface area contributed by atoms with E-state index in [4.69, 9.17) is 16.3 Å². The molecule has 2 heterocycles. The van der Waals surface area contributed by atoms with Crippen LogP contribution in [0.5, 0.6) is 0 Å². The SMILES string of the molecule is CN1C2CCC1[C@H](OC(=O)C(Cl)(c1ccccc1)c1ccccc1)CC2.Cl. The summed E-state index contributed by atoms with van der Waals surface area (Å²) in [4.78, 5) is 14.4. The number of ether oxygens (including phenoxy) is 1. The zero-order chi connectivity index (χ0) is 18.1. The number of rotatable bonds is 4.